The van der Waals surface area contributed by atoms with Gasteiger partial charge in [-0.3, -0.25) is 9.59 Å². The van der Waals surface area contributed by atoms with E-state index >= 15 is 0 Å². The zero-order valence-electron chi connectivity index (χ0n) is 10.6. The minimum atomic E-state index is -1.83. The molecule has 1 saturated carbocycles. The summed E-state index contributed by atoms with van der Waals surface area (Å²) in [6.07, 6.45) is 8.54. The number of Topliss-reactive ketones (excluding diaryl/α,β-unsaturated/α-hetero) is 2. The van der Waals surface area contributed by atoms with Crippen LogP contribution in [0, 0.1) is 39.4 Å². The Kier molecular flexibility index (Phi) is 2.89. The quantitative estimate of drug-likeness (QED) is 0.547. The maximum atomic E-state index is 12.6. The van der Waals surface area contributed by atoms with Crippen LogP contribution >= 0.6 is 23.2 Å². The van der Waals surface area contributed by atoms with Gasteiger partial charge in [0.25, 0.3) is 0 Å². The van der Waals surface area contributed by atoms with Crippen molar-refractivity contribution in [2.24, 2.45) is 16.7 Å². The van der Waals surface area contributed by atoms with Gasteiger partial charge >= 0.3 is 0 Å². The molecular formula is C15H8Cl2N2O2. The molecule has 0 heterocycles. The fourth-order valence-corrected chi connectivity index (χ4v) is 3.81. The molecular weight excluding hydrogens is 311 g/mol. The molecule has 0 radical (unpaired) electrons. The van der Waals surface area contributed by atoms with Gasteiger partial charge in [0.2, 0.25) is 0 Å². The number of hydrogen-bond acceptors (Lipinski definition) is 4. The minimum Gasteiger partial charge on any atom is -0.296 e. The van der Waals surface area contributed by atoms with Gasteiger partial charge in [-0.25, -0.2) is 0 Å². The molecule has 0 spiro atoms. The van der Waals surface area contributed by atoms with E-state index in [9.17, 15) is 20.1 Å². The number of halogens is 2. The maximum Gasteiger partial charge on any atom is 0.179 e. The van der Waals surface area contributed by atoms with Gasteiger partial charge in [0.1, 0.15) is 10.8 Å². The molecule has 21 heavy (non-hydrogen) atoms. The lowest BCUT2D eigenvalue weighted by molar-refractivity contribution is -0.143. The van der Waals surface area contributed by atoms with Crippen LogP contribution in [-0.4, -0.2) is 22.3 Å². The second-order valence-corrected chi connectivity index (χ2v) is 6.15. The first kappa shape index (κ1) is 14.1. The molecule has 3 rings (SSSR count). The molecule has 2 unspecified atom stereocenters. The second-order valence-electron chi connectivity index (χ2n) is 5.21. The van der Waals surface area contributed by atoms with E-state index in [4.69, 9.17) is 23.2 Å². The summed E-state index contributed by atoms with van der Waals surface area (Å²) in [5.74, 6) is -1.62. The lowest BCUT2D eigenvalue weighted by atomic mass is 9.43. The van der Waals surface area contributed by atoms with E-state index in [1.807, 2.05) is 12.1 Å². The summed E-state index contributed by atoms with van der Waals surface area (Å²) < 4.78 is 0. The summed E-state index contributed by atoms with van der Waals surface area (Å²) in [6, 6.07) is 3.73. The molecule has 0 N–H and O–H groups in total. The molecule has 4 atom stereocenters. The van der Waals surface area contributed by atoms with E-state index < -0.39 is 33.2 Å². The fourth-order valence-electron chi connectivity index (χ4n) is 3.25. The highest BCUT2D eigenvalue weighted by atomic mass is 35.5. The molecule has 0 bridgehead atoms. The lowest BCUT2D eigenvalue weighted by Gasteiger charge is -2.53. The summed E-state index contributed by atoms with van der Waals surface area (Å²) in [5, 5.41) is 16.5. The van der Waals surface area contributed by atoms with Crippen LogP contribution in [0.2, 0.25) is 0 Å². The van der Waals surface area contributed by atoms with E-state index in [2.05, 4.69) is 0 Å². The molecule has 0 aromatic heterocycles. The number of carbonyl (C=O) groups excluding carboxylic acids is 2. The first-order chi connectivity index (χ1) is 9.96. The Hall–Kier alpha value is -1.88. The average molecular weight is 319 g/mol. The molecule has 104 valence electrons. The number of allylic oxidation sites excluding steroid dienone is 6. The molecule has 1 fully saturated rings. The van der Waals surface area contributed by atoms with Crippen molar-refractivity contribution in [3.63, 3.8) is 0 Å². The first-order valence-electron chi connectivity index (χ1n) is 6.24. The number of hydrogen-bond donors (Lipinski definition) is 0. The van der Waals surface area contributed by atoms with E-state index in [1.54, 1.807) is 24.3 Å². The Balaban J connectivity index is 2.25. The topological polar surface area (TPSA) is 81.7 Å². The summed E-state index contributed by atoms with van der Waals surface area (Å²) >= 11 is 11.8. The highest BCUT2D eigenvalue weighted by Gasteiger charge is 2.75. The number of alkyl halides is 2. The van der Waals surface area contributed by atoms with Crippen LogP contribution in [0.1, 0.15) is 0 Å². The van der Waals surface area contributed by atoms with Gasteiger partial charge in [-0.15, -0.1) is 23.2 Å². The zero-order chi connectivity index (χ0) is 15.4. The number of carbonyl (C=O) groups is 2. The van der Waals surface area contributed by atoms with Gasteiger partial charge in [-0.05, 0) is 5.57 Å². The van der Waals surface area contributed by atoms with Crippen LogP contribution in [-0.2, 0) is 9.59 Å². The van der Waals surface area contributed by atoms with Crippen LogP contribution in [0.25, 0.3) is 0 Å². The van der Waals surface area contributed by atoms with Gasteiger partial charge in [-0.1, -0.05) is 30.4 Å². The van der Waals surface area contributed by atoms with Crippen molar-refractivity contribution in [3.8, 4) is 12.1 Å². The number of fused-ring (bicyclic) bond motifs is 1. The van der Waals surface area contributed by atoms with Crippen molar-refractivity contribution in [3.05, 3.63) is 36.0 Å². The van der Waals surface area contributed by atoms with Gasteiger partial charge in [0.15, 0.2) is 22.4 Å². The van der Waals surface area contributed by atoms with Gasteiger partial charge < -0.3 is 0 Å². The van der Waals surface area contributed by atoms with Crippen molar-refractivity contribution in [1.29, 1.82) is 10.5 Å². The smallest absolute Gasteiger partial charge is 0.179 e. The van der Waals surface area contributed by atoms with Crippen LogP contribution in [0.15, 0.2) is 36.0 Å². The predicted octanol–water partition coefficient (Wildman–Crippen LogP) is 2.06. The van der Waals surface area contributed by atoms with E-state index in [-0.39, 0.29) is 5.92 Å². The maximum absolute atomic E-state index is 12.6. The number of rotatable bonds is 1. The largest absolute Gasteiger partial charge is 0.296 e. The highest BCUT2D eigenvalue weighted by Crippen LogP contribution is 2.63. The van der Waals surface area contributed by atoms with Gasteiger partial charge in [0, 0.05) is 5.92 Å². The first-order valence-corrected chi connectivity index (χ1v) is 7.11. The Bertz CT molecular complexity index is 728. The van der Waals surface area contributed by atoms with E-state index in [0.717, 1.165) is 0 Å². The molecule has 4 nitrogen and oxygen atoms in total. The third-order valence-electron chi connectivity index (χ3n) is 4.36. The molecule has 0 aromatic carbocycles. The third kappa shape index (κ3) is 1.35. The number of nitriles is 2. The monoisotopic (exact) mass is 318 g/mol. The molecule has 0 aliphatic heterocycles. The Morgan fingerprint density at radius 3 is 2.10 bits per heavy atom. The van der Waals surface area contributed by atoms with Crippen molar-refractivity contribution >= 4 is 34.8 Å². The van der Waals surface area contributed by atoms with Gasteiger partial charge in [-0.2, -0.15) is 10.5 Å². The van der Waals surface area contributed by atoms with E-state index in [0.29, 0.717) is 5.57 Å². The Morgan fingerprint density at radius 1 is 1.00 bits per heavy atom. The Labute approximate surface area is 130 Å². The summed E-state index contributed by atoms with van der Waals surface area (Å²) in [5.41, 5.74) is -3.22. The van der Waals surface area contributed by atoms with Crippen LogP contribution in [0.3, 0.4) is 0 Å². The summed E-state index contributed by atoms with van der Waals surface area (Å²) in [7, 11) is 0. The van der Waals surface area contributed by atoms with Crippen LogP contribution in [0.5, 0.6) is 0 Å². The van der Waals surface area contributed by atoms with Crippen LogP contribution < -0.4 is 0 Å². The highest BCUT2D eigenvalue weighted by molar-refractivity contribution is 6.47. The predicted molar refractivity (Wildman–Crippen MR) is 75.2 cm³/mol. The van der Waals surface area contributed by atoms with Crippen molar-refractivity contribution in [1.82, 2.24) is 0 Å². The molecule has 0 amide bonds. The summed E-state index contributed by atoms with van der Waals surface area (Å²) in [4.78, 5) is 25.0. The number of nitrogens with zero attached hydrogens (tertiary/aromatic N) is 2. The second kappa shape index (κ2) is 4.31. The lowest BCUT2D eigenvalue weighted by Crippen LogP contribution is -2.67. The molecule has 6 heteroatoms. The average Bonchev–Trinajstić information content (AvgIpc) is 2.99. The zero-order valence-corrected chi connectivity index (χ0v) is 12.1. The Morgan fingerprint density at radius 2 is 1.57 bits per heavy atom. The standard InChI is InChI=1S/C15H8Cl2N2O2/c16-10-11(17)13(21)15(7-19)9(8-3-1-2-4-8)5-14(15,6-18)12(10)20/h1-5,8,10-11H/t10?,11?,14-,15-/m0/s1. The van der Waals surface area contributed by atoms with E-state index in [1.165, 1.54) is 6.08 Å². The molecule has 0 saturated heterocycles. The number of ketones is 2. The van der Waals surface area contributed by atoms with Crippen molar-refractivity contribution in [2.45, 2.75) is 10.8 Å². The molecule has 3 aliphatic rings. The normalized spacial score (nSPS) is 41.0. The summed E-state index contributed by atoms with van der Waals surface area (Å²) in [6.45, 7) is 0. The molecule has 0 aromatic rings. The van der Waals surface area contributed by atoms with Crippen molar-refractivity contribution in [2.75, 3.05) is 0 Å². The fraction of sp³-hybridized carbons (Fsp3) is 0.333. The molecule has 3 aliphatic carbocycles. The van der Waals surface area contributed by atoms with Crippen LogP contribution in [0.4, 0.5) is 0 Å². The van der Waals surface area contributed by atoms with Crippen molar-refractivity contribution < 1.29 is 9.59 Å². The third-order valence-corrected chi connectivity index (χ3v) is 5.39. The SMILES string of the molecule is N#C[C@]12C(=O)C(Cl)C(Cl)C(=O)[C@@]1(C#N)C=C2C1C=CC=C1. The van der Waals surface area contributed by atoms with Gasteiger partial charge in [0.05, 0.1) is 12.1 Å². The minimum absolute atomic E-state index is 0.279.